The van der Waals surface area contributed by atoms with Gasteiger partial charge in [-0.15, -0.1) is 11.6 Å². The molecular formula is C9H18ClNO2. The van der Waals surface area contributed by atoms with Crippen LogP contribution in [0.5, 0.6) is 0 Å². The molecule has 0 aliphatic heterocycles. The van der Waals surface area contributed by atoms with Gasteiger partial charge in [-0.1, -0.05) is 0 Å². The Hall–Kier alpha value is -0.280. The molecule has 0 bridgehead atoms. The molecule has 4 heteroatoms. The molecule has 0 aliphatic carbocycles. The van der Waals surface area contributed by atoms with E-state index in [1.54, 1.807) is 0 Å². The van der Waals surface area contributed by atoms with Crippen molar-refractivity contribution in [2.75, 3.05) is 19.0 Å². The summed E-state index contributed by atoms with van der Waals surface area (Å²) in [6.07, 6.45) is 0.397. The maximum atomic E-state index is 11.1. The zero-order valence-corrected chi connectivity index (χ0v) is 9.28. The predicted molar refractivity (Wildman–Crippen MR) is 54.1 cm³/mol. The summed E-state index contributed by atoms with van der Waals surface area (Å²) in [6.45, 7) is 6.93. The maximum absolute atomic E-state index is 11.1. The Kier molecular flexibility index (Phi) is 6.08. The number of halogens is 1. The van der Waals surface area contributed by atoms with Crippen LogP contribution in [0.15, 0.2) is 0 Å². The van der Waals surface area contributed by atoms with Crippen molar-refractivity contribution in [3.8, 4) is 0 Å². The molecule has 0 aromatic carbocycles. The monoisotopic (exact) mass is 207 g/mol. The lowest BCUT2D eigenvalue weighted by Gasteiger charge is -2.19. The van der Waals surface area contributed by atoms with E-state index in [-0.39, 0.29) is 11.6 Å². The van der Waals surface area contributed by atoms with Crippen LogP contribution < -0.4 is 5.32 Å². The third-order valence-electron chi connectivity index (χ3n) is 1.20. The normalized spacial score (nSPS) is 11.4. The van der Waals surface area contributed by atoms with Crippen molar-refractivity contribution in [1.82, 2.24) is 5.32 Å². The van der Waals surface area contributed by atoms with Gasteiger partial charge < -0.3 is 10.1 Å². The van der Waals surface area contributed by atoms with Crippen molar-refractivity contribution in [3.05, 3.63) is 0 Å². The number of carbonyl (C=O) groups is 1. The fraction of sp³-hybridized carbons (Fsp3) is 0.889. The Morgan fingerprint density at radius 1 is 1.38 bits per heavy atom. The van der Waals surface area contributed by atoms with E-state index in [0.717, 1.165) is 6.54 Å². The Labute approximate surface area is 84.8 Å². The second-order valence-corrected chi connectivity index (χ2v) is 4.15. The Bertz CT molecular complexity index is 154. The van der Waals surface area contributed by atoms with E-state index < -0.39 is 0 Å². The van der Waals surface area contributed by atoms with Gasteiger partial charge in [-0.3, -0.25) is 4.79 Å². The summed E-state index contributed by atoms with van der Waals surface area (Å²) < 4.78 is 5.11. The number of carbonyl (C=O) groups excluding carboxylic acids is 1. The van der Waals surface area contributed by atoms with Crippen molar-refractivity contribution in [2.45, 2.75) is 32.8 Å². The molecule has 1 N–H and O–H groups in total. The summed E-state index contributed by atoms with van der Waals surface area (Å²) >= 11 is 5.44. The molecule has 0 atom stereocenters. The van der Waals surface area contributed by atoms with E-state index in [1.807, 2.05) is 20.8 Å². The van der Waals surface area contributed by atoms with Crippen molar-refractivity contribution in [2.24, 2.45) is 0 Å². The third-order valence-corrected chi connectivity index (χ3v) is 1.39. The molecule has 0 amide bonds. The SMILES string of the molecule is CC(C)(C)OC(=O)CCNCCCl. The van der Waals surface area contributed by atoms with E-state index in [2.05, 4.69) is 5.32 Å². The third kappa shape index (κ3) is 9.64. The molecule has 0 aromatic heterocycles. The topological polar surface area (TPSA) is 38.3 Å². The van der Waals surface area contributed by atoms with Crippen molar-refractivity contribution in [3.63, 3.8) is 0 Å². The van der Waals surface area contributed by atoms with E-state index in [1.165, 1.54) is 0 Å². The van der Waals surface area contributed by atoms with Crippen LogP contribution in [0.4, 0.5) is 0 Å². The van der Waals surface area contributed by atoms with Gasteiger partial charge in [0.1, 0.15) is 5.60 Å². The molecule has 0 aliphatic rings. The first kappa shape index (κ1) is 12.7. The summed E-state index contributed by atoms with van der Waals surface area (Å²) in [7, 11) is 0. The minimum absolute atomic E-state index is 0.172. The molecule has 3 nitrogen and oxygen atoms in total. The molecule has 0 heterocycles. The van der Waals surface area contributed by atoms with Crippen LogP contribution in [0.2, 0.25) is 0 Å². The number of ether oxygens (including phenoxy) is 1. The summed E-state index contributed by atoms with van der Waals surface area (Å²) in [5.74, 6) is 0.392. The van der Waals surface area contributed by atoms with Gasteiger partial charge in [0.25, 0.3) is 0 Å². The first-order valence-electron chi connectivity index (χ1n) is 4.44. The van der Waals surface area contributed by atoms with Gasteiger partial charge in [0, 0.05) is 19.0 Å². The van der Waals surface area contributed by atoms with Gasteiger partial charge in [-0.2, -0.15) is 0 Å². The number of hydrogen-bond acceptors (Lipinski definition) is 3. The Morgan fingerprint density at radius 3 is 2.46 bits per heavy atom. The summed E-state index contributed by atoms with van der Waals surface area (Å²) in [5, 5.41) is 3.02. The highest BCUT2D eigenvalue weighted by Gasteiger charge is 2.15. The summed E-state index contributed by atoms with van der Waals surface area (Å²) in [5.41, 5.74) is -0.385. The molecular weight excluding hydrogens is 190 g/mol. The van der Waals surface area contributed by atoms with Gasteiger partial charge in [-0.25, -0.2) is 0 Å². The fourth-order valence-electron chi connectivity index (χ4n) is 0.775. The van der Waals surface area contributed by atoms with Crippen molar-refractivity contribution in [1.29, 1.82) is 0 Å². The number of esters is 1. The molecule has 0 spiro atoms. The van der Waals surface area contributed by atoms with Crippen molar-refractivity contribution < 1.29 is 9.53 Å². The fourth-order valence-corrected chi connectivity index (χ4v) is 0.908. The lowest BCUT2D eigenvalue weighted by molar-refractivity contribution is -0.154. The van der Waals surface area contributed by atoms with Gasteiger partial charge in [0.2, 0.25) is 0 Å². The zero-order valence-electron chi connectivity index (χ0n) is 8.52. The highest BCUT2D eigenvalue weighted by molar-refractivity contribution is 6.18. The van der Waals surface area contributed by atoms with Crippen LogP contribution in [0, 0.1) is 0 Å². The molecule has 0 fully saturated rings. The predicted octanol–water partition coefficient (Wildman–Crippen LogP) is 1.55. The maximum Gasteiger partial charge on any atom is 0.307 e. The van der Waals surface area contributed by atoms with Crippen LogP contribution in [-0.2, 0) is 9.53 Å². The lowest BCUT2D eigenvalue weighted by Crippen LogP contribution is -2.27. The van der Waals surface area contributed by atoms with E-state index in [0.29, 0.717) is 18.8 Å². The Morgan fingerprint density at radius 2 is 2.00 bits per heavy atom. The number of hydrogen-bond donors (Lipinski definition) is 1. The van der Waals surface area contributed by atoms with Gasteiger partial charge >= 0.3 is 5.97 Å². The van der Waals surface area contributed by atoms with E-state index in [9.17, 15) is 4.79 Å². The van der Waals surface area contributed by atoms with Crippen LogP contribution in [0.3, 0.4) is 0 Å². The molecule has 0 saturated heterocycles. The minimum Gasteiger partial charge on any atom is -0.460 e. The molecule has 78 valence electrons. The van der Waals surface area contributed by atoms with Crippen LogP contribution in [-0.4, -0.2) is 30.5 Å². The zero-order chi connectivity index (χ0) is 10.3. The summed E-state index contributed by atoms with van der Waals surface area (Å²) in [4.78, 5) is 11.1. The first-order valence-corrected chi connectivity index (χ1v) is 4.97. The molecule has 0 rings (SSSR count). The number of alkyl halides is 1. The highest BCUT2D eigenvalue weighted by Crippen LogP contribution is 2.07. The van der Waals surface area contributed by atoms with Crippen LogP contribution >= 0.6 is 11.6 Å². The van der Waals surface area contributed by atoms with Gasteiger partial charge in [-0.05, 0) is 20.8 Å². The molecule has 13 heavy (non-hydrogen) atoms. The van der Waals surface area contributed by atoms with Crippen molar-refractivity contribution >= 4 is 17.6 Å². The molecule has 0 unspecified atom stereocenters. The molecule has 0 radical (unpaired) electrons. The van der Waals surface area contributed by atoms with Crippen LogP contribution in [0.25, 0.3) is 0 Å². The quantitative estimate of drug-likeness (QED) is 0.422. The highest BCUT2D eigenvalue weighted by atomic mass is 35.5. The van der Waals surface area contributed by atoms with E-state index in [4.69, 9.17) is 16.3 Å². The largest absolute Gasteiger partial charge is 0.460 e. The Balaban J connectivity index is 3.41. The van der Waals surface area contributed by atoms with E-state index >= 15 is 0 Å². The van der Waals surface area contributed by atoms with Gasteiger partial charge in [0.15, 0.2) is 0 Å². The minimum atomic E-state index is -0.385. The average molecular weight is 208 g/mol. The molecule has 0 aromatic rings. The number of rotatable bonds is 5. The second-order valence-electron chi connectivity index (χ2n) is 3.78. The van der Waals surface area contributed by atoms with Gasteiger partial charge in [0.05, 0.1) is 6.42 Å². The average Bonchev–Trinajstić information content (AvgIpc) is 1.94. The second kappa shape index (κ2) is 6.22. The lowest BCUT2D eigenvalue weighted by atomic mass is 10.2. The number of nitrogens with one attached hydrogen (secondary N) is 1. The smallest absolute Gasteiger partial charge is 0.307 e. The standard InChI is InChI=1S/C9H18ClNO2/c1-9(2,3)13-8(12)4-6-11-7-5-10/h11H,4-7H2,1-3H3. The first-order chi connectivity index (χ1) is 5.95. The molecule has 0 saturated carbocycles. The van der Waals surface area contributed by atoms with Crippen LogP contribution in [0.1, 0.15) is 27.2 Å². The summed E-state index contributed by atoms with van der Waals surface area (Å²) in [6, 6.07) is 0.